The summed E-state index contributed by atoms with van der Waals surface area (Å²) < 4.78 is 0. The minimum Gasteiger partial charge on any atom is -0.331 e. The molecule has 0 saturated heterocycles. The third-order valence-corrected chi connectivity index (χ3v) is 5.60. The van der Waals surface area contributed by atoms with Gasteiger partial charge in [-0.15, -0.1) is 0 Å². The summed E-state index contributed by atoms with van der Waals surface area (Å²) in [4.78, 5) is 14.9. The maximum atomic E-state index is 13.0. The minimum absolute atomic E-state index is 0.0226. The molecule has 25 heavy (non-hydrogen) atoms. The second-order valence-electron chi connectivity index (χ2n) is 7.49. The van der Waals surface area contributed by atoms with Crippen LogP contribution in [0, 0.1) is 16.7 Å². The molecule has 0 radical (unpaired) electrons. The van der Waals surface area contributed by atoms with Crippen molar-refractivity contribution in [2.24, 2.45) is 5.41 Å². The van der Waals surface area contributed by atoms with Crippen LogP contribution in [0.2, 0.25) is 0 Å². The Morgan fingerprint density at radius 2 is 2.04 bits per heavy atom. The van der Waals surface area contributed by atoms with E-state index in [-0.39, 0.29) is 17.4 Å². The fourth-order valence-electron chi connectivity index (χ4n) is 4.12. The van der Waals surface area contributed by atoms with Gasteiger partial charge in [0, 0.05) is 6.54 Å². The Hall–Kier alpha value is -2.08. The minimum atomic E-state index is -0.138. The van der Waals surface area contributed by atoms with Crippen LogP contribution in [-0.2, 0) is 4.79 Å². The van der Waals surface area contributed by atoms with Crippen molar-refractivity contribution in [1.29, 1.82) is 5.26 Å². The van der Waals surface area contributed by atoms with E-state index in [0.29, 0.717) is 12.1 Å². The predicted molar refractivity (Wildman–Crippen MR) is 103 cm³/mol. The van der Waals surface area contributed by atoms with Gasteiger partial charge in [0.15, 0.2) is 0 Å². The van der Waals surface area contributed by atoms with E-state index in [1.54, 1.807) is 0 Å². The number of nitriles is 1. The van der Waals surface area contributed by atoms with Crippen molar-refractivity contribution in [2.75, 3.05) is 6.54 Å². The lowest BCUT2D eigenvalue weighted by Crippen LogP contribution is -2.44. The highest BCUT2D eigenvalue weighted by Gasteiger charge is 2.32. The van der Waals surface area contributed by atoms with Crippen LogP contribution in [0.3, 0.4) is 0 Å². The first-order valence-corrected chi connectivity index (χ1v) is 9.38. The van der Waals surface area contributed by atoms with Gasteiger partial charge in [-0.25, -0.2) is 0 Å². The highest BCUT2D eigenvalue weighted by molar-refractivity contribution is 5.98. The van der Waals surface area contributed by atoms with Gasteiger partial charge in [0.05, 0.1) is 6.04 Å². The first-order valence-electron chi connectivity index (χ1n) is 9.38. The Labute approximate surface area is 152 Å². The number of rotatable bonds is 4. The monoisotopic (exact) mass is 338 g/mol. The Morgan fingerprint density at radius 1 is 1.36 bits per heavy atom. The summed E-state index contributed by atoms with van der Waals surface area (Å²) in [5.41, 5.74) is 2.59. The van der Waals surface area contributed by atoms with Gasteiger partial charge < -0.3 is 4.90 Å². The van der Waals surface area contributed by atoms with E-state index in [1.807, 2.05) is 37.0 Å². The molecular formula is C22H30N2O. The lowest BCUT2D eigenvalue weighted by molar-refractivity contribution is -0.128. The summed E-state index contributed by atoms with van der Waals surface area (Å²) in [6.45, 7) is 10.8. The first kappa shape index (κ1) is 19.2. The fourth-order valence-corrected chi connectivity index (χ4v) is 4.12. The highest BCUT2D eigenvalue weighted by atomic mass is 16.2. The van der Waals surface area contributed by atoms with E-state index >= 15 is 0 Å². The summed E-state index contributed by atoms with van der Waals surface area (Å²) in [6, 6.07) is 2.12. The normalized spacial score (nSPS) is 24.3. The topological polar surface area (TPSA) is 44.1 Å². The second kappa shape index (κ2) is 8.34. The fraction of sp³-hybridized carbons (Fsp3) is 0.545. The average molecular weight is 338 g/mol. The van der Waals surface area contributed by atoms with Crippen molar-refractivity contribution in [2.45, 2.75) is 65.3 Å². The van der Waals surface area contributed by atoms with Crippen molar-refractivity contribution in [3.63, 3.8) is 0 Å². The number of carbonyl (C=O) groups excluding carboxylic acids is 1. The van der Waals surface area contributed by atoms with Gasteiger partial charge in [-0.1, -0.05) is 57.1 Å². The second-order valence-corrected chi connectivity index (χ2v) is 7.49. The lowest BCUT2D eigenvalue weighted by Gasteiger charge is -2.36. The van der Waals surface area contributed by atoms with Crippen molar-refractivity contribution in [1.82, 2.24) is 4.90 Å². The predicted octanol–water partition coefficient (Wildman–Crippen LogP) is 5.09. The van der Waals surface area contributed by atoms with Gasteiger partial charge in [-0.3, -0.25) is 4.79 Å². The van der Waals surface area contributed by atoms with Crippen molar-refractivity contribution in [3.8, 4) is 6.07 Å². The summed E-state index contributed by atoms with van der Waals surface area (Å²) in [5, 5.41) is 9.61. The number of nitrogens with zero attached hydrogens (tertiary/aromatic N) is 2. The summed E-state index contributed by atoms with van der Waals surface area (Å²) in [5.74, 6) is -0.138. The Kier molecular flexibility index (Phi) is 6.42. The zero-order valence-corrected chi connectivity index (χ0v) is 15.8. The van der Waals surface area contributed by atoms with E-state index in [0.717, 1.165) is 24.8 Å². The molecule has 3 heteroatoms. The van der Waals surface area contributed by atoms with Gasteiger partial charge >= 0.3 is 0 Å². The molecule has 1 unspecified atom stereocenters. The zero-order chi connectivity index (χ0) is 18.4. The van der Waals surface area contributed by atoms with Crippen molar-refractivity contribution in [3.05, 3.63) is 47.6 Å². The first-order chi connectivity index (χ1) is 12.0. The number of allylic oxidation sites excluding steroid dienone is 3. The third-order valence-electron chi connectivity index (χ3n) is 5.60. The summed E-state index contributed by atoms with van der Waals surface area (Å²) >= 11 is 0. The van der Waals surface area contributed by atoms with Crippen LogP contribution in [0.1, 0.15) is 59.3 Å². The zero-order valence-electron chi connectivity index (χ0n) is 15.8. The molecule has 2 rings (SSSR count). The molecular weight excluding hydrogens is 308 g/mol. The van der Waals surface area contributed by atoms with Crippen molar-refractivity contribution < 1.29 is 4.79 Å². The van der Waals surface area contributed by atoms with E-state index in [9.17, 15) is 10.1 Å². The molecule has 0 N–H and O–H groups in total. The smallest absolute Gasteiger partial charge is 0.264 e. The molecule has 134 valence electrons. The summed E-state index contributed by atoms with van der Waals surface area (Å²) in [7, 11) is 0. The Morgan fingerprint density at radius 3 is 2.60 bits per heavy atom. The molecule has 1 atom stereocenters. The van der Waals surface area contributed by atoms with E-state index in [2.05, 4.69) is 25.6 Å². The van der Waals surface area contributed by atoms with Gasteiger partial charge in [-0.05, 0) is 49.7 Å². The number of hydrogen-bond acceptors (Lipinski definition) is 2. The average Bonchev–Trinajstić information content (AvgIpc) is 2.60. The van der Waals surface area contributed by atoms with Crippen LogP contribution in [-0.4, -0.2) is 23.4 Å². The van der Waals surface area contributed by atoms with Crippen molar-refractivity contribution >= 4 is 5.91 Å². The lowest BCUT2D eigenvalue weighted by atomic mass is 9.74. The number of amides is 1. The van der Waals surface area contributed by atoms with Gasteiger partial charge in [0.2, 0.25) is 0 Å². The Bertz CT molecular complexity index is 654. The molecule has 0 aromatic carbocycles. The molecule has 0 spiro atoms. The third kappa shape index (κ3) is 4.31. The Balaban J connectivity index is 2.27. The molecule has 1 aliphatic heterocycles. The standard InChI is InChI=1S/C22H30N2O/c1-5-10-18-11-14-24(17(3)20(18)6-2)21(25)19(16-23)15-22(4)12-8-7-9-13-22/h5-6,10,15,17H,2,7-9,11-14H2,1,3-4H3/b10-5-,19-15+. The molecule has 0 aromatic rings. The molecule has 1 aliphatic carbocycles. The van der Waals surface area contributed by atoms with Gasteiger partial charge in [0.25, 0.3) is 5.91 Å². The van der Waals surface area contributed by atoms with E-state index in [4.69, 9.17) is 0 Å². The number of hydrogen-bond donors (Lipinski definition) is 0. The molecule has 1 saturated carbocycles. The maximum absolute atomic E-state index is 13.0. The maximum Gasteiger partial charge on any atom is 0.264 e. The molecule has 1 fully saturated rings. The van der Waals surface area contributed by atoms with Crippen LogP contribution in [0.25, 0.3) is 0 Å². The van der Waals surface area contributed by atoms with E-state index in [1.165, 1.54) is 24.8 Å². The van der Waals surface area contributed by atoms with Crippen LogP contribution in [0.5, 0.6) is 0 Å². The summed E-state index contributed by atoms with van der Waals surface area (Å²) in [6.07, 6.45) is 14.4. The quantitative estimate of drug-likeness (QED) is 0.529. The molecule has 3 nitrogen and oxygen atoms in total. The van der Waals surface area contributed by atoms with E-state index < -0.39 is 0 Å². The molecule has 0 aromatic heterocycles. The van der Waals surface area contributed by atoms with Crippen LogP contribution in [0.15, 0.2) is 47.6 Å². The van der Waals surface area contributed by atoms with Crippen LogP contribution < -0.4 is 0 Å². The highest BCUT2D eigenvalue weighted by Crippen LogP contribution is 2.38. The van der Waals surface area contributed by atoms with Gasteiger partial charge in [0.1, 0.15) is 11.6 Å². The molecule has 2 aliphatic rings. The number of carbonyl (C=O) groups is 1. The SMILES string of the molecule is C=CC1=C(/C=C\C)CCN(C(=O)/C(C#N)=C/C2(C)CCCCC2)C1C. The molecule has 0 bridgehead atoms. The van der Waals surface area contributed by atoms with Crippen LogP contribution in [0.4, 0.5) is 0 Å². The molecule has 1 heterocycles. The van der Waals surface area contributed by atoms with Gasteiger partial charge in [-0.2, -0.15) is 5.26 Å². The van der Waals surface area contributed by atoms with Crippen LogP contribution >= 0.6 is 0 Å². The largest absolute Gasteiger partial charge is 0.331 e. The molecule has 1 amide bonds.